The van der Waals surface area contributed by atoms with Crippen LogP contribution in [0.15, 0.2) is 18.2 Å². The topological polar surface area (TPSA) is 35.8 Å². The molecule has 0 bridgehead atoms. The van der Waals surface area contributed by atoms with Gasteiger partial charge in [-0.2, -0.15) is 17.0 Å². The molecular weight excluding hydrogens is 276 g/mol. The Hall–Kier alpha value is -0.980. The van der Waals surface area contributed by atoms with Crippen molar-refractivity contribution >= 4 is 11.8 Å². The molecule has 1 aromatic carbocycles. The molecule has 0 aliphatic heterocycles. The molecule has 1 unspecified atom stereocenters. The Kier molecular flexibility index (Phi) is 7.28. The van der Waals surface area contributed by atoms with Gasteiger partial charge in [-0.3, -0.25) is 5.32 Å². The van der Waals surface area contributed by atoms with Gasteiger partial charge in [-0.05, 0) is 58.8 Å². The number of thioether (sulfide) groups is 1. The number of aryl methyl sites for hydroxylation is 2. The smallest absolute Gasteiger partial charge is 0.104 e. The van der Waals surface area contributed by atoms with Gasteiger partial charge >= 0.3 is 0 Å². The largest absolute Gasteiger partial charge is 0.297 e. The zero-order valence-electron chi connectivity index (χ0n) is 14.0. The fraction of sp³-hybridized carbons (Fsp3) is 0.611. The molecule has 1 N–H and O–H groups in total. The Morgan fingerprint density at radius 1 is 1.24 bits per heavy atom. The Labute approximate surface area is 134 Å². The van der Waals surface area contributed by atoms with Gasteiger partial charge in [0.2, 0.25) is 0 Å². The van der Waals surface area contributed by atoms with Crippen molar-refractivity contribution in [3.63, 3.8) is 0 Å². The van der Waals surface area contributed by atoms with E-state index in [0.29, 0.717) is 6.04 Å². The Bertz CT molecular complexity index is 470. The fourth-order valence-electron chi connectivity index (χ4n) is 2.67. The summed E-state index contributed by atoms with van der Waals surface area (Å²) in [5, 5.41) is 12.7. The molecule has 0 spiro atoms. The van der Waals surface area contributed by atoms with Crippen LogP contribution < -0.4 is 5.32 Å². The van der Waals surface area contributed by atoms with Crippen LogP contribution in [0.5, 0.6) is 0 Å². The lowest BCUT2D eigenvalue weighted by Gasteiger charge is -2.25. The molecule has 0 aromatic heterocycles. The maximum absolute atomic E-state index is 9.31. The minimum atomic E-state index is -0.394. The summed E-state index contributed by atoms with van der Waals surface area (Å²) in [6.45, 7) is 10.5. The van der Waals surface area contributed by atoms with Crippen LogP contribution in [0, 0.1) is 25.2 Å². The summed E-state index contributed by atoms with van der Waals surface area (Å²) in [6, 6.07) is 9.50. The Balaban J connectivity index is 2.32. The lowest BCUT2D eigenvalue weighted by molar-refractivity contribution is 0.380. The van der Waals surface area contributed by atoms with Crippen molar-refractivity contribution in [1.29, 1.82) is 5.26 Å². The molecule has 1 atom stereocenters. The zero-order chi connectivity index (χ0) is 15.9. The van der Waals surface area contributed by atoms with E-state index < -0.39 is 5.54 Å². The predicted molar refractivity (Wildman–Crippen MR) is 93.6 cm³/mol. The molecule has 1 aromatic rings. The number of rotatable bonds is 8. The third kappa shape index (κ3) is 7.02. The van der Waals surface area contributed by atoms with E-state index in [-0.39, 0.29) is 0 Å². The van der Waals surface area contributed by atoms with Gasteiger partial charge in [0.05, 0.1) is 6.07 Å². The van der Waals surface area contributed by atoms with Crippen LogP contribution in [0.25, 0.3) is 0 Å². The van der Waals surface area contributed by atoms with Crippen LogP contribution in [0.3, 0.4) is 0 Å². The van der Waals surface area contributed by atoms with Gasteiger partial charge in [-0.15, -0.1) is 0 Å². The minimum absolute atomic E-state index is 0.345. The molecule has 0 aliphatic rings. The van der Waals surface area contributed by atoms with Crippen molar-refractivity contribution in [2.75, 3.05) is 5.75 Å². The highest BCUT2D eigenvalue weighted by atomic mass is 32.2. The summed E-state index contributed by atoms with van der Waals surface area (Å²) < 4.78 is 0. The molecule has 0 saturated heterocycles. The van der Waals surface area contributed by atoms with Gasteiger partial charge in [0.1, 0.15) is 5.54 Å². The molecule has 0 saturated carbocycles. The summed E-state index contributed by atoms with van der Waals surface area (Å²) in [4.78, 5) is 0. The highest BCUT2D eigenvalue weighted by Crippen LogP contribution is 2.19. The van der Waals surface area contributed by atoms with E-state index in [1.54, 1.807) is 0 Å². The molecule has 2 nitrogen and oxygen atoms in total. The summed E-state index contributed by atoms with van der Waals surface area (Å²) >= 11 is 1.96. The van der Waals surface area contributed by atoms with Crippen LogP contribution in [0.4, 0.5) is 0 Å². The molecule has 0 aliphatic carbocycles. The second-order valence-electron chi connectivity index (χ2n) is 6.40. The highest BCUT2D eigenvalue weighted by Gasteiger charge is 2.23. The Morgan fingerprint density at radius 3 is 2.38 bits per heavy atom. The summed E-state index contributed by atoms with van der Waals surface area (Å²) in [5.74, 6) is 2.16. The lowest BCUT2D eigenvalue weighted by Crippen LogP contribution is -2.44. The first kappa shape index (κ1) is 18.1. The number of benzene rings is 1. The van der Waals surface area contributed by atoms with Gasteiger partial charge in [0, 0.05) is 11.8 Å². The molecular formula is C18H28N2S. The van der Waals surface area contributed by atoms with E-state index in [2.05, 4.69) is 57.3 Å². The van der Waals surface area contributed by atoms with Crippen molar-refractivity contribution in [2.45, 2.75) is 64.8 Å². The maximum atomic E-state index is 9.31. The molecule has 0 fully saturated rings. The summed E-state index contributed by atoms with van der Waals surface area (Å²) in [5.41, 5.74) is 3.68. The van der Waals surface area contributed by atoms with Gasteiger partial charge < -0.3 is 0 Å². The molecule has 0 heterocycles. The molecule has 0 amide bonds. The second-order valence-corrected chi connectivity index (χ2v) is 7.50. The van der Waals surface area contributed by atoms with E-state index in [1.165, 1.54) is 16.7 Å². The third-order valence-electron chi connectivity index (χ3n) is 3.37. The van der Waals surface area contributed by atoms with Crippen molar-refractivity contribution < 1.29 is 0 Å². The van der Waals surface area contributed by atoms with Crippen LogP contribution in [0.1, 0.15) is 50.3 Å². The first-order chi connectivity index (χ1) is 9.84. The normalized spacial score (nSPS) is 14.0. The molecule has 21 heavy (non-hydrogen) atoms. The Morgan fingerprint density at radius 2 is 1.86 bits per heavy atom. The van der Waals surface area contributed by atoms with E-state index in [9.17, 15) is 5.26 Å². The van der Waals surface area contributed by atoms with E-state index in [4.69, 9.17) is 0 Å². The molecule has 0 radical (unpaired) electrons. The highest BCUT2D eigenvalue weighted by molar-refractivity contribution is 7.98. The van der Waals surface area contributed by atoms with Crippen molar-refractivity contribution in [2.24, 2.45) is 0 Å². The molecule has 3 heteroatoms. The van der Waals surface area contributed by atoms with Crippen molar-refractivity contribution in [1.82, 2.24) is 5.32 Å². The lowest BCUT2D eigenvalue weighted by atomic mass is 9.97. The molecule has 1 rings (SSSR count). The standard InChI is InChI=1S/C18H28N2S/c1-14(2)20-18(5,13-19)7-6-8-21-12-17-10-15(3)9-16(4)11-17/h9-11,14,20H,6-8,12H2,1-5H3. The van der Waals surface area contributed by atoms with Crippen LogP contribution >= 0.6 is 11.8 Å². The van der Waals surface area contributed by atoms with Crippen molar-refractivity contribution in [3.8, 4) is 6.07 Å². The number of hydrogen-bond acceptors (Lipinski definition) is 3. The van der Waals surface area contributed by atoms with E-state index in [1.807, 2.05) is 18.7 Å². The minimum Gasteiger partial charge on any atom is -0.297 e. The number of nitrogens with one attached hydrogen (secondary N) is 1. The van der Waals surface area contributed by atoms with Crippen LogP contribution in [0.2, 0.25) is 0 Å². The van der Waals surface area contributed by atoms with Crippen LogP contribution in [-0.2, 0) is 5.75 Å². The van der Waals surface area contributed by atoms with Crippen LogP contribution in [-0.4, -0.2) is 17.3 Å². The van der Waals surface area contributed by atoms with Crippen molar-refractivity contribution in [3.05, 3.63) is 34.9 Å². The zero-order valence-corrected chi connectivity index (χ0v) is 14.8. The number of nitrogens with zero attached hydrogens (tertiary/aromatic N) is 1. The van der Waals surface area contributed by atoms with Gasteiger partial charge in [-0.1, -0.05) is 29.3 Å². The predicted octanol–water partition coefficient (Wildman–Crippen LogP) is 4.60. The van der Waals surface area contributed by atoms with Gasteiger partial charge in [0.25, 0.3) is 0 Å². The monoisotopic (exact) mass is 304 g/mol. The quantitative estimate of drug-likeness (QED) is 0.713. The average molecular weight is 305 g/mol. The van der Waals surface area contributed by atoms with Gasteiger partial charge in [0.15, 0.2) is 0 Å². The fourth-order valence-corrected chi connectivity index (χ4v) is 3.56. The average Bonchev–Trinajstić information content (AvgIpc) is 2.36. The first-order valence-corrected chi connectivity index (χ1v) is 8.84. The third-order valence-corrected chi connectivity index (χ3v) is 4.48. The van der Waals surface area contributed by atoms with E-state index in [0.717, 1.165) is 24.3 Å². The number of hydrogen-bond donors (Lipinski definition) is 1. The maximum Gasteiger partial charge on any atom is 0.104 e. The SMILES string of the molecule is Cc1cc(C)cc(CSCCCC(C)(C#N)NC(C)C)c1. The number of nitriles is 1. The second kappa shape index (κ2) is 8.46. The summed E-state index contributed by atoms with van der Waals surface area (Å²) in [6.07, 6.45) is 1.97. The summed E-state index contributed by atoms with van der Waals surface area (Å²) in [7, 11) is 0. The first-order valence-electron chi connectivity index (χ1n) is 7.68. The van der Waals surface area contributed by atoms with E-state index >= 15 is 0 Å². The molecule has 116 valence electrons. The van der Waals surface area contributed by atoms with Gasteiger partial charge in [-0.25, -0.2) is 0 Å².